The zero-order chi connectivity index (χ0) is 12.5. The molecule has 0 spiro atoms. The van der Waals surface area contributed by atoms with E-state index in [9.17, 15) is 0 Å². The van der Waals surface area contributed by atoms with Crippen LogP contribution >= 0.6 is 0 Å². The minimum absolute atomic E-state index is 0. The van der Waals surface area contributed by atoms with Crippen LogP contribution in [0.3, 0.4) is 0 Å². The summed E-state index contributed by atoms with van der Waals surface area (Å²) in [5.74, 6) is 1.90. The van der Waals surface area contributed by atoms with Crippen LogP contribution in [0.2, 0.25) is 0 Å². The topological polar surface area (TPSA) is 0 Å². The van der Waals surface area contributed by atoms with Gasteiger partial charge in [0.15, 0.2) is 0 Å². The summed E-state index contributed by atoms with van der Waals surface area (Å²) in [7, 11) is 0. The van der Waals surface area contributed by atoms with E-state index in [1.54, 1.807) is 0 Å². The summed E-state index contributed by atoms with van der Waals surface area (Å²) in [6, 6.07) is 0. The summed E-state index contributed by atoms with van der Waals surface area (Å²) in [5.41, 5.74) is 0. The van der Waals surface area contributed by atoms with Crippen LogP contribution in [0.15, 0.2) is 0 Å². The minimum Gasteiger partial charge on any atom is -0.793 e. The molecule has 0 fully saturated rings. The molecule has 0 amide bonds. The molecule has 0 saturated carbocycles. The Kier molecular flexibility index (Phi) is 36.6. The van der Waals surface area contributed by atoms with Crippen molar-refractivity contribution in [1.82, 2.24) is 0 Å². The van der Waals surface area contributed by atoms with Crippen LogP contribution in [-0.2, 0) is 52.9 Å². The summed E-state index contributed by atoms with van der Waals surface area (Å²) >= 11 is 9.60. The van der Waals surface area contributed by atoms with E-state index in [-0.39, 0.29) is 27.7 Å². The van der Waals surface area contributed by atoms with Crippen LogP contribution < -0.4 is 0 Å². The fourth-order valence-corrected chi connectivity index (χ4v) is 1.82. The van der Waals surface area contributed by atoms with Crippen molar-refractivity contribution in [2.24, 2.45) is 0 Å². The molecule has 17 heavy (non-hydrogen) atoms. The van der Waals surface area contributed by atoms with Crippen LogP contribution in [0.5, 0.6) is 0 Å². The average Bonchev–Trinajstić information content (AvgIpc) is 2.31. The van der Waals surface area contributed by atoms with Gasteiger partial charge in [0.05, 0.1) is 0 Å². The second-order valence-corrected chi connectivity index (χ2v) is 5.05. The van der Waals surface area contributed by atoms with Crippen LogP contribution in [0.4, 0.5) is 0 Å². The SMILES string of the molecule is CCCCCCC[S-].CCCCCCC[S-].[Hg+2]. The van der Waals surface area contributed by atoms with Crippen molar-refractivity contribution >= 4 is 25.3 Å². The molecule has 0 saturated heterocycles. The maximum Gasteiger partial charge on any atom is 2.00 e. The number of unbranched alkanes of at least 4 members (excludes halogenated alkanes) is 8. The van der Waals surface area contributed by atoms with Gasteiger partial charge in [-0.15, -0.1) is 0 Å². The first kappa shape index (κ1) is 23.7. The van der Waals surface area contributed by atoms with Gasteiger partial charge < -0.3 is 25.3 Å². The van der Waals surface area contributed by atoms with Gasteiger partial charge in [-0.3, -0.25) is 0 Å². The molecule has 0 bridgehead atoms. The molecule has 0 aromatic carbocycles. The van der Waals surface area contributed by atoms with E-state index >= 15 is 0 Å². The Hall–Kier alpha value is 1.64. The first-order chi connectivity index (χ1) is 7.83. The molecule has 0 radical (unpaired) electrons. The summed E-state index contributed by atoms with van der Waals surface area (Å²) in [6.45, 7) is 4.46. The Balaban J connectivity index is -0.000000218. The van der Waals surface area contributed by atoms with Crippen molar-refractivity contribution in [2.75, 3.05) is 11.5 Å². The van der Waals surface area contributed by atoms with Crippen molar-refractivity contribution in [3.05, 3.63) is 0 Å². The van der Waals surface area contributed by atoms with Crippen LogP contribution in [0.1, 0.15) is 78.1 Å². The first-order valence-electron chi connectivity index (χ1n) is 6.99. The predicted octanol–water partition coefficient (Wildman–Crippen LogP) is 5.00. The van der Waals surface area contributed by atoms with E-state index < -0.39 is 0 Å². The van der Waals surface area contributed by atoms with Gasteiger partial charge in [-0.05, 0) is 0 Å². The molecule has 0 heterocycles. The van der Waals surface area contributed by atoms with E-state index in [1.165, 1.54) is 64.2 Å². The van der Waals surface area contributed by atoms with E-state index in [0.717, 1.165) is 11.5 Å². The molecule has 0 aromatic heterocycles. The predicted molar refractivity (Wildman–Crippen MR) is 82.0 cm³/mol. The third-order valence-electron chi connectivity index (χ3n) is 2.50. The fourth-order valence-electron chi connectivity index (χ4n) is 1.41. The molecule has 0 atom stereocenters. The summed E-state index contributed by atoms with van der Waals surface area (Å²) in [4.78, 5) is 0. The smallest absolute Gasteiger partial charge is 0.793 e. The van der Waals surface area contributed by atoms with Gasteiger partial charge in [-0.1, -0.05) is 78.1 Å². The normalized spacial score (nSPS) is 9.18. The third kappa shape index (κ3) is 31.8. The van der Waals surface area contributed by atoms with Gasteiger partial charge in [0.1, 0.15) is 0 Å². The fraction of sp³-hybridized carbons (Fsp3) is 1.00. The van der Waals surface area contributed by atoms with E-state index in [4.69, 9.17) is 25.3 Å². The maximum absolute atomic E-state index is 4.80. The standard InChI is InChI=1S/2C7H16S.Hg/c2*1-2-3-4-5-6-7-8;/h2*8H,2-7H2,1H3;/q;;+2/p-2. The number of rotatable bonds is 10. The van der Waals surface area contributed by atoms with Crippen LogP contribution in [-0.4, -0.2) is 11.5 Å². The van der Waals surface area contributed by atoms with Crippen molar-refractivity contribution < 1.29 is 27.7 Å². The molecular weight excluding hydrogens is 433 g/mol. The van der Waals surface area contributed by atoms with Crippen LogP contribution in [0.25, 0.3) is 0 Å². The Morgan fingerprint density at radius 2 is 0.824 bits per heavy atom. The molecule has 0 unspecified atom stereocenters. The van der Waals surface area contributed by atoms with Gasteiger partial charge in [-0.25, -0.2) is 0 Å². The van der Waals surface area contributed by atoms with Gasteiger partial charge in [0.25, 0.3) is 0 Å². The van der Waals surface area contributed by atoms with E-state index in [1.807, 2.05) is 0 Å². The molecule has 0 aliphatic rings. The summed E-state index contributed by atoms with van der Waals surface area (Å²) in [6.07, 6.45) is 13.4. The molecule has 0 rings (SSSR count). The molecular formula is C14H30HgS2. The Morgan fingerprint density at radius 1 is 0.529 bits per heavy atom. The minimum atomic E-state index is 0. The van der Waals surface area contributed by atoms with Gasteiger partial charge in [-0.2, -0.15) is 11.5 Å². The quantitative estimate of drug-likeness (QED) is 0.254. The van der Waals surface area contributed by atoms with Gasteiger partial charge >= 0.3 is 27.7 Å². The Bertz CT molecular complexity index is 76.2. The number of hydrogen-bond acceptors (Lipinski definition) is 2. The largest absolute Gasteiger partial charge is 2.00 e. The second kappa shape index (κ2) is 26.2. The molecule has 0 aliphatic heterocycles. The zero-order valence-corrected chi connectivity index (χ0v) is 19.1. The summed E-state index contributed by atoms with van der Waals surface area (Å²) in [5, 5.41) is 0. The molecule has 3 heteroatoms. The van der Waals surface area contributed by atoms with Crippen molar-refractivity contribution in [1.29, 1.82) is 0 Å². The first-order valence-corrected chi connectivity index (χ1v) is 8.15. The number of hydrogen-bond donors (Lipinski definition) is 0. The molecule has 0 aromatic rings. The van der Waals surface area contributed by atoms with E-state index in [2.05, 4.69) is 13.8 Å². The Morgan fingerprint density at radius 3 is 1.06 bits per heavy atom. The van der Waals surface area contributed by atoms with E-state index in [0.29, 0.717) is 0 Å². The van der Waals surface area contributed by atoms with Gasteiger partial charge in [0, 0.05) is 0 Å². The third-order valence-corrected chi connectivity index (χ3v) is 3.07. The average molecular weight is 463 g/mol. The zero-order valence-electron chi connectivity index (χ0n) is 12.0. The molecule has 100 valence electrons. The second-order valence-electron chi connectivity index (χ2n) is 4.24. The molecule has 0 aliphatic carbocycles. The van der Waals surface area contributed by atoms with Crippen molar-refractivity contribution in [3.63, 3.8) is 0 Å². The van der Waals surface area contributed by atoms with Crippen molar-refractivity contribution in [2.45, 2.75) is 78.1 Å². The van der Waals surface area contributed by atoms with Crippen LogP contribution in [0, 0.1) is 0 Å². The molecule has 0 N–H and O–H groups in total. The summed E-state index contributed by atoms with van der Waals surface area (Å²) < 4.78 is 0. The monoisotopic (exact) mass is 464 g/mol. The Labute approximate surface area is 141 Å². The van der Waals surface area contributed by atoms with Gasteiger partial charge in [0.2, 0.25) is 0 Å². The molecule has 0 nitrogen and oxygen atoms in total. The maximum atomic E-state index is 4.80. The van der Waals surface area contributed by atoms with Crippen molar-refractivity contribution in [3.8, 4) is 0 Å².